The van der Waals surface area contributed by atoms with Crippen LogP contribution in [-0.2, 0) is 18.8 Å². The van der Waals surface area contributed by atoms with E-state index in [0.29, 0.717) is 5.88 Å². The summed E-state index contributed by atoms with van der Waals surface area (Å²) in [5, 5.41) is 3.34. The van der Waals surface area contributed by atoms with Gasteiger partial charge in [-0.25, -0.2) is 4.98 Å². The molecule has 2 heterocycles. The molecule has 0 radical (unpaired) electrons. The number of hydrogen-bond donors (Lipinski definition) is 1. The molecular formula is C14H18N2O2S. The molecule has 1 N–H and O–H groups in total. The van der Waals surface area contributed by atoms with Crippen LogP contribution in [0.15, 0.2) is 34.9 Å². The first-order chi connectivity index (χ1) is 9.31. The van der Waals surface area contributed by atoms with Crippen LogP contribution in [0.25, 0.3) is 0 Å². The minimum absolute atomic E-state index is 0.638. The number of pyridine rings is 1. The number of ether oxygens (including phenoxy) is 1. The van der Waals surface area contributed by atoms with Crippen molar-refractivity contribution in [1.29, 1.82) is 0 Å². The number of hydrogen-bond acceptors (Lipinski definition) is 5. The van der Waals surface area contributed by atoms with Crippen molar-refractivity contribution in [2.24, 2.45) is 0 Å². The fourth-order valence-electron chi connectivity index (χ4n) is 1.74. The molecule has 2 rings (SSSR count). The molecule has 102 valence electrons. The van der Waals surface area contributed by atoms with Gasteiger partial charge in [-0.1, -0.05) is 0 Å². The maximum absolute atomic E-state index is 5.69. The van der Waals surface area contributed by atoms with Crippen molar-refractivity contribution in [2.45, 2.75) is 18.8 Å². The SMILES string of the molecule is COc1cc(CNCc2ccc(CSC)o2)ccn1. The topological polar surface area (TPSA) is 47.3 Å². The molecule has 2 aromatic heterocycles. The summed E-state index contributed by atoms with van der Waals surface area (Å²) in [5.41, 5.74) is 1.14. The summed E-state index contributed by atoms with van der Waals surface area (Å²) in [6.45, 7) is 1.48. The molecule has 0 aliphatic carbocycles. The number of rotatable bonds is 7. The Balaban J connectivity index is 1.81. The quantitative estimate of drug-likeness (QED) is 0.844. The minimum atomic E-state index is 0.638. The highest BCUT2D eigenvalue weighted by Crippen LogP contribution is 2.13. The van der Waals surface area contributed by atoms with Gasteiger partial charge >= 0.3 is 0 Å². The molecule has 0 atom stereocenters. The van der Waals surface area contributed by atoms with E-state index in [1.165, 1.54) is 0 Å². The van der Waals surface area contributed by atoms with Gasteiger partial charge in [0.15, 0.2) is 0 Å². The van der Waals surface area contributed by atoms with Gasteiger partial charge in [-0.15, -0.1) is 0 Å². The van der Waals surface area contributed by atoms with E-state index in [9.17, 15) is 0 Å². The van der Waals surface area contributed by atoms with Crippen molar-refractivity contribution in [3.63, 3.8) is 0 Å². The lowest BCUT2D eigenvalue weighted by molar-refractivity contribution is 0.397. The van der Waals surface area contributed by atoms with Gasteiger partial charge in [-0.2, -0.15) is 11.8 Å². The Bertz CT molecular complexity index is 514. The number of furan rings is 1. The summed E-state index contributed by atoms with van der Waals surface area (Å²) in [4.78, 5) is 4.08. The molecule has 4 nitrogen and oxygen atoms in total. The van der Waals surface area contributed by atoms with E-state index in [-0.39, 0.29) is 0 Å². The first-order valence-electron chi connectivity index (χ1n) is 6.08. The Labute approximate surface area is 117 Å². The highest BCUT2D eigenvalue weighted by atomic mass is 32.2. The molecule has 19 heavy (non-hydrogen) atoms. The van der Waals surface area contributed by atoms with E-state index in [1.54, 1.807) is 25.1 Å². The molecule has 0 aliphatic heterocycles. The molecular weight excluding hydrogens is 260 g/mol. The minimum Gasteiger partial charge on any atom is -0.481 e. The average Bonchev–Trinajstić information content (AvgIpc) is 2.87. The Morgan fingerprint density at radius 2 is 2.11 bits per heavy atom. The summed E-state index contributed by atoms with van der Waals surface area (Å²) in [7, 11) is 1.62. The van der Waals surface area contributed by atoms with Crippen molar-refractivity contribution >= 4 is 11.8 Å². The summed E-state index contributed by atoms with van der Waals surface area (Å²) < 4.78 is 10.8. The van der Waals surface area contributed by atoms with Gasteiger partial charge < -0.3 is 14.5 Å². The summed E-state index contributed by atoms with van der Waals surface area (Å²) >= 11 is 1.76. The standard InChI is InChI=1S/C14H18N2O2S/c1-17-14-7-11(5-6-16-14)8-15-9-12-3-4-13(18-12)10-19-2/h3-7,15H,8-10H2,1-2H3. The Morgan fingerprint density at radius 1 is 1.26 bits per heavy atom. The third-order valence-corrected chi connectivity index (χ3v) is 3.21. The van der Waals surface area contributed by atoms with Crippen LogP contribution in [0.1, 0.15) is 17.1 Å². The fourth-order valence-corrected chi connectivity index (χ4v) is 2.18. The molecule has 5 heteroatoms. The maximum Gasteiger partial charge on any atom is 0.213 e. The predicted octanol–water partition coefficient (Wildman–Crippen LogP) is 2.84. The van der Waals surface area contributed by atoms with Crippen LogP contribution in [0.5, 0.6) is 5.88 Å². The zero-order valence-corrected chi connectivity index (χ0v) is 12.0. The van der Waals surface area contributed by atoms with Crippen LogP contribution >= 0.6 is 11.8 Å². The molecule has 0 aliphatic rings. The normalized spacial score (nSPS) is 10.6. The molecule has 0 aromatic carbocycles. The van der Waals surface area contributed by atoms with Crippen LogP contribution in [0.2, 0.25) is 0 Å². The number of nitrogens with one attached hydrogen (secondary N) is 1. The van der Waals surface area contributed by atoms with Crippen LogP contribution in [-0.4, -0.2) is 18.3 Å². The summed E-state index contributed by atoms with van der Waals surface area (Å²) in [5.74, 6) is 3.54. The van der Waals surface area contributed by atoms with Crippen LogP contribution < -0.4 is 10.1 Å². The van der Waals surface area contributed by atoms with Crippen molar-refractivity contribution in [3.05, 3.63) is 47.5 Å². The monoisotopic (exact) mass is 278 g/mol. The largest absolute Gasteiger partial charge is 0.481 e. The Morgan fingerprint density at radius 3 is 2.89 bits per heavy atom. The van der Waals surface area contributed by atoms with E-state index in [2.05, 4.69) is 16.6 Å². The number of nitrogens with zero attached hydrogens (tertiary/aromatic N) is 1. The predicted molar refractivity (Wildman–Crippen MR) is 77.3 cm³/mol. The smallest absolute Gasteiger partial charge is 0.213 e. The Hall–Kier alpha value is -1.46. The van der Waals surface area contributed by atoms with E-state index < -0.39 is 0 Å². The third-order valence-electron chi connectivity index (χ3n) is 2.64. The van der Waals surface area contributed by atoms with E-state index in [1.807, 2.05) is 24.3 Å². The Kier molecular flexibility index (Phi) is 5.30. The first kappa shape index (κ1) is 14.0. The van der Waals surface area contributed by atoms with Gasteiger partial charge in [-0.05, 0) is 30.0 Å². The average molecular weight is 278 g/mol. The van der Waals surface area contributed by atoms with Crippen LogP contribution in [0, 0.1) is 0 Å². The lowest BCUT2D eigenvalue weighted by atomic mass is 10.2. The second-order valence-corrected chi connectivity index (χ2v) is 4.98. The van der Waals surface area contributed by atoms with Crippen molar-refractivity contribution in [3.8, 4) is 5.88 Å². The van der Waals surface area contributed by atoms with Crippen LogP contribution in [0.4, 0.5) is 0 Å². The molecule has 0 unspecified atom stereocenters. The maximum atomic E-state index is 5.69. The molecule has 2 aromatic rings. The van der Waals surface area contributed by atoms with Crippen molar-refractivity contribution in [1.82, 2.24) is 10.3 Å². The molecule has 0 amide bonds. The summed E-state index contributed by atoms with van der Waals surface area (Å²) in [6.07, 6.45) is 3.82. The van der Waals surface area contributed by atoms with Crippen LogP contribution in [0.3, 0.4) is 0 Å². The van der Waals surface area contributed by atoms with Gasteiger partial charge in [0.25, 0.3) is 0 Å². The third kappa shape index (κ3) is 4.29. The van der Waals surface area contributed by atoms with E-state index in [4.69, 9.17) is 9.15 Å². The lowest BCUT2D eigenvalue weighted by Crippen LogP contribution is -2.12. The highest BCUT2D eigenvalue weighted by Gasteiger charge is 2.02. The van der Waals surface area contributed by atoms with Gasteiger partial charge in [-0.3, -0.25) is 0 Å². The molecule has 0 bridgehead atoms. The molecule has 0 fully saturated rings. The van der Waals surface area contributed by atoms with E-state index >= 15 is 0 Å². The van der Waals surface area contributed by atoms with Crippen molar-refractivity contribution < 1.29 is 9.15 Å². The van der Waals surface area contributed by atoms with Gasteiger partial charge in [0.05, 0.1) is 19.4 Å². The van der Waals surface area contributed by atoms with E-state index in [0.717, 1.165) is 35.9 Å². The second kappa shape index (κ2) is 7.21. The number of methoxy groups -OCH3 is 1. The van der Waals surface area contributed by atoms with Gasteiger partial charge in [0, 0.05) is 18.8 Å². The number of thioether (sulfide) groups is 1. The molecule has 0 saturated carbocycles. The van der Waals surface area contributed by atoms with Gasteiger partial charge in [0.1, 0.15) is 11.5 Å². The molecule has 0 spiro atoms. The van der Waals surface area contributed by atoms with Crippen molar-refractivity contribution in [2.75, 3.05) is 13.4 Å². The fraction of sp³-hybridized carbons (Fsp3) is 0.357. The first-order valence-corrected chi connectivity index (χ1v) is 7.47. The second-order valence-electron chi connectivity index (χ2n) is 4.11. The molecule has 0 saturated heterocycles. The zero-order valence-electron chi connectivity index (χ0n) is 11.2. The number of aromatic nitrogens is 1. The summed E-state index contributed by atoms with van der Waals surface area (Å²) in [6, 6.07) is 7.94. The van der Waals surface area contributed by atoms with Gasteiger partial charge in [0.2, 0.25) is 5.88 Å². The lowest BCUT2D eigenvalue weighted by Gasteiger charge is -2.04. The zero-order chi connectivity index (χ0) is 13.5. The highest BCUT2D eigenvalue weighted by molar-refractivity contribution is 7.97.